The van der Waals surface area contributed by atoms with Crippen molar-refractivity contribution in [3.05, 3.63) is 42.7 Å². The van der Waals surface area contributed by atoms with Crippen molar-refractivity contribution in [3.8, 4) is 34.0 Å². The Morgan fingerprint density at radius 2 is 2.04 bits per heavy atom. The van der Waals surface area contributed by atoms with Crippen LogP contribution in [0.15, 0.2) is 42.7 Å². The summed E-state index contributed by atoms with van der Waals surface area (Å²) in [4.78, 5) is 0. The molecule has 2 aromatic heterocycles. The highest BCUT2D eigenvalue weighted by atomic mass is 19.1. The van der Waals surface area contributed by atoms with Crippen molar-refractivity contribution in [2.75, 3.05) is 0 Å². The lowest BCUT2D eigenvalue weighted by Gasteiger charge is -2.14. The molecule has 0 spiro atoms. The molecule has 1 aliphatic rings. The zero-order valence-corrected chi connectivity index (χ0v) is 13.4. The van der Waals surface area contributed by atoms with Gasteiger partial charge in [-0.2, -0.15) is 5.10 Å². The van der Waals surface area contributed by atoms with E-state index in [4.69, 9.17) is 4.74 Å². The van der Waals surface area contributed by atoms with E-state index in [-0.39, 0.29) is 5.75 Å². The molecule has 6 nitrogen and oxygen atoms in total. The van der Waals surface area contributed by atoms with Gasteiger partial charge in [-0.1, -0.05) is 6.07 Å². The molecule has 2 N–H and O–H groups in total. The first-order valence-electron chi connectivity index (χ1n) is 8.18. The molecule has 0 bridgehead atoms. The Morgan fingerprint density at radius 1 is 1.12 bits per heavy atom. The molecular formula is C18H17FN4O2. The molecule has 0 unspecified atom stereocenters. The third-order valence-electron chi connectivity index (χ3n) is 4.39. The molecule has 1 fully saturated rings. The minimum Gasteiger partial charge on any atom is -0.507 e. The van der Waals surface area contributed by atoms with Crippen LogP contribution in [0.5, 0.6) is 11.6 Å². The molecule has 0 saturated heterocycles. The third kappa shape index (κ3) is 3.17. The summed E-state index contributed by atoms with van der Waals surface area (Å²) in [5.41, 5.74) is 2.81. The second kappa shape index (κ2) is 6.51. The van der Waals surface area contributed by atoms with Crippen molar-refractivity contribution in [3.63, 3.8) is 0 Å². The first-order valence-corrected chi connectivity index (χ1v) is 8.18. The zero-order valence-electron chi connectivity index (χ0n) is 13.4. The van der Waals surface area contributed by atoms with Crippen molar-refractivity contribution < 1.29 is 14.2 Å². The van der Waals surface area contributed by atoms with E-state index in [1.54, 1.807) is 36.7 Å². The van der Waals surface area contributed by atoms with Crippen LogP contribution in [0.3, 0.4) is 0 Å². The Kier molecular flexibility index (Phi) is 4.05. The van der Waals surface area contributed by atoms with E-state index in [2.05, 4.69) is 20.4 Å². The summed E-state index contributed by atoms with van der Waals surface area (Å²) in [6.45, 7) is 0. The molecule has 0 radical (unpaired) electrons. The van der Waals surface area contributed by atoms with Crippen molar-refractivity contribution in [2.24, 2.45) is 0 Å². The van der Waals surface area contributed by atoms with Crippen LogP contribution in [0.2, 0.25) is 0 Å². The summed E-state index contributed by atoms with van der Waals surface area (Å²) in [5.74, 6) is 0.397. The molecule has 1 aliphatic carbocycles. The van der Waals surface area contributed by atoms with Gasteiger partial charge < -0.3 is 9.84 Å². The van der Waals surface area contributed by atoms with E-state index in [0.29, 0.717) is 30.0 Å². The predicted molar refractivity (Wildman–Crippen MR) is 89.9 cm³/mol. The molecule has 1 aromatic carbocycles. The standard InChI is InChI=1S/C18H17FN4O2/c19-14-2-1-3-17(14)25-18-7-6-15(22-23-18)13-5-4-11(8-16(13)24)12-9-20-21-10-12/h4-10,14,17,24H,1-3H2,(H,20,21)/t14-,17-/m1/s1. The topological polar surface area (TPSA) is 83.9 Å². The average molecular weight is 340 g/mol. The zero-order chi connectivity index (χ0) is 17.2. The Labute approximate surface area is 143 Å². The number of aromatic hydroxyl groups is 1. The van der Waals surface area contributed by atoms with Crippen molar-refractivity contribution in [1.29, 1.82) is 0 Å². The van der Waals surface area contributed by atoms with Gasteiger partial charge in [-0.25, -0.2) is 4.39 Å². The second-order valence-electron chi connectivity index (χ2n) is 6.08. The lowest BCUT2D eigenvalue weighted by atomic mass is 10.0. The van der Waals surface area contributed by atoms with E-state index in [1.165, 1.54) is 0 Å². The minimum atomic E-state index is -0.944. The summed E-state index contributed by atoms with van der Waals surface area (Å²) in [6.07, 6.45) is 4.11. The number of ether oxygens (including phenoxy) is 1. The molecular weight excluding hydrogens is 323 g/mol. The number of alkyl halides is 1. The van der Waals surface area contributed by atoms with Crippen molar-refractivity contribution in [1.82, 2.24) is 20.4 Å². The number of halogens is 1. The summed E-state index contributed by atoms with van der Waals surface area (Å²) in [7, 11) is 0. The van der Waals surface area contributed by atoms with Gasteiger partial charge in [0.2, 0.25) is 5.88 Å². The molecule has 0 aliphatic heterocycles. The maximum absolute atomic E-state index is 13.6. The molecule has 25 heavy (non-hydrogen) atoms. The SMILES string of the molecule is Oc1cc(-c2cn[nH]c2)ccc1-c1ccc(O[C@@H]2CCC[C@H]2F)nn1. The van der Waals surface area contributed by atoms with Gasteiger partial charge in [-0.15, -0.1) is 10.2 Å². The van der Waals surface area contributed by atoms with E-state index in [9.17, 15) is 9.50 Å². The highest BCUT2D eigenvalue weighted by Crippen LogP contribution is 2.32. The molecule has 0 amide bonds. The average Bonchev–Trinajstić information content (AvgIpc) is 3.28. The Balaban J connectivity index is 1.53. The number of phenols is 1. The number of hydrogen-bond acceptors (Lipinski definition) is 5. The lowest BCUT2D eigenvalue weighted by molar-refractivity contribution is 0.119. The molecule has 1 saturated carbocycles. The number of phenolic OH excluding ortho intramolecular Hbond substituents is 1. The monoisotopic (exact) mass is 340 g/mol. The normalized spacial score (nSPS) is 19.9. The van der Waals surface area contributed by atoms with Gasteiger partial charge in [-0.05, 0) is 43.0 Å². The van der Waals surface area contributed by atoms with Crippen molar-refractivity contribution >= 4 is 0 Å². The fourth-order valence-electron chi connectivity index (χ4n) is 3.03. The molecule has 128 valence electrons. The largest absolute Gasteiger partial charge is 0.507 e. The number of nitrogens with one attached hydrogen (secondary N) is 1. The Hall–Kier alpha value is -2.96. The fraction of sp³-hybridized carbons (Fsp3) is 0.278. The van der Waals surface area contributed by atoms with E-state index in [0.717, 1.165) is 17.5 Å². The number of hydrogen-bond donors (Lipinski definition) is 2. The third-order valence-corrected chi connectivity index (χ3v) is 4.39. The molecule has 2 heterocycles. The summed E-state index contributed by atoms with van der Waals surface area (Å²) >= 11 is 0. The number of H-pyrrole nitrogens is 1. The predicted octanol–water partition coefficient (Wildman–Crippen LogP) is 3.51. The smallest absolute Gasteiger partial charge is 0.233 e. The second-order valence-corrected chi connectivity index (χ2v) is 6.08. The molecule has 2 atom stereocenters. The van der Waals surface area contributed by atoms with Gasteiger partial charge in [0, 0.05) is 23.4 Å². The van der Waals surface area contributed by atoms with E-state index in [1.807, 2.05) is 6.07 Å². The maximum Gasteiger partial charge on any atom is 0.233 e. The van der Waals surface area contributed by atoms with Gasteiger partial charge in [0.15, 0.2) is 0 Å². The van der Waals surface area contributed by atoms with Gasteiger partial charge in [-0.3, -0.25) is 5.10 Å². The first-order chi connectivity index (χ1) is 12.2. The van der Waals surface area contributed by atoms with Crippen LogP contribution in [0.25, 0.3) is 22.4 Å². The van der Waals surface area contributed by atoms with Gasteiger partial charge in [0.05, 0.1) is 11.9 Å². The van der Waals surface area contributed by atoms with Crippen LogP contribution in [0, 0.1) is 0 Å². The van der Waals surface area contributed by atoms with Crippen LogP contribution in [0.4, 0.5) is 4.39 Å². The van der Waals surface area contributed by atoms with Crippen LogP contribution in [-0.2, 0) is 0 Å². The van der Waals surface area contributed by atoms with Crippen LogP contribution < -0.4 is 4.74 Å². The van der Waals surface area contributed by atoms with E-state index >= 15 is 0 Å². The minimum absolute atomic E-state index is 0.0984. The molecule has 3 aromatic rings. The van der Waals surface area contributed by atoms with Crippen LogP contribution in [-0.4, -0.2) is 37.8 Å². The van der Waals surface area contributed by atoms with Gasteiger partial charge in [0.25, 0.3) is 0 Å². The van der Waals surface area contributed by atoms with Gasteiger partial charge in [0.1, 0.15) is 18.0 Å². The maximum atomic E-state index is 13.6. The fourth-order valence-corrected chi connectivity index (χ4v) is 3.03. The van der Waals surface area contributed by atoms with Crippen LogP contribution >= 0.6 is 0 Å². The van der Waals surface area contributed by atoms with Crippen LogP contribution in [0.1, 0.15) is 19.3 Å². The number of rotatable bonds is 4. The number of aromatic amines is 1. The Morgan fingerprint density at radius 3 is 2.68 bits per heavy atom. The highest BCUT2D eigenvalue weighted by Gasteiger charge is 2.29. The lowest BCUT2D eigenvalue weighted by Crippen LogP contribution is -2.22. The molecule has 4 rings (SSSR count). The summed E-state index contributed by atoms with van der Waals surface area (Å²) < 4.78 is 19.2. The van der Waals surface area contributed by atoms with Crippen molar-refractivity contribution in [2.45, 2.75) is 31.5 Å². The molecule has 7 heteroatoms. The quantitative estimate of drug-likeness (QED) is 0.759. The van der Waals surface area contributed by atoms with E-state index < -0.39 is 12.3 Å². The summed E-state index contributed by atoms with van der Waals surface area (Å²) in [5, 5.41) is 25.0. The summed E-state index contributed by atoms with van der Waals surface area (Å²) in [6, 6.07) is 8.65. The highest BCUT2D eigenvalue weighted by molar-refractivity contribution is 5.73. The Bertz CT molecular complexity index is 852. The first kappa shape index (κ1) is 15.6. The number of benzene rings is 1. The van der Waals surface area contributed by atoms with Gasteiger partial charge >= 0.3 is 0 Å². The number of aromatic nitrogens is 4. The number of nitrogens with zero attached hydrogens (tertiary/aromatic N) is 3.